The lowest BCUT2D eigenvalue weighted by Gasteiger charge is -2.37. The summed E-state index contributed by atoms with van der Waals surface area (Å²) in [4.78, 5) is 27.2. The van der Waals surface area contributed by atoms with Crippen molar-refractivity contribution in [3.8, 4) is 0 Å². The van der Waals surface area contributed by atoms with Gasteiger partial charge in [-0.25, -0.2) is 4.79 Å². The Morgan fingerprint density at radius 3 is 2.76 bits per heavy atom. The molecular formula is C18H22N2O4S. The molecule has 1 aromatic rings. The van der Waals surface area contributed by atoms with E-state index in [0.717, 1.165) is 6.42 Å². The molecule has 2 aliphatic heterocycles. The summed E-state index contributed by atoms with van der Waals surface area (Å²) < 4.78 is 10.5. The highest BCUT2D eigenvalue weighted by atomic mass is 32.1. The van der Waals surface area contributed by atoms with Gasteiger partial charge in [0.05, 0.1) is 13.7 Å². The van der Waals surface area contributed by atoms with E-state index in [1.807, 2.05) is 23.1 Å². The minimum atomic E-state index is -0.765. The van der Waals surface area contributed by atoms with E-state index in [-0.39, 0.29) is 17.9 Å². The minimum Gasteiger partial charge on any atom is -0.467 e. The fraction of sp³-hybridized carbons (Fsp3) is 0.500. The molecule has 0 saturated carbocycles. The third-order valence-corrected chi connectivity index (χ3v) is 5.43. The zero-order valence-electron chi connectivity index (χ0n) is 14.2. The number of rotatable bonds is 4. The van der Waals surface area contributed by atoms with Gasteiger partial charge < -0.3 is 19.7 Å². The van der Waals surface area contributed by atoms with Crippen LogP contribution in [0.3, 0.4) is 0 Å². The third kappa shape index (κ3) is 3.52. The van der Waals surface area contributed by atoms with Crippen molar-refractivity contribution >= 4 is 29.1 Å². The highest BCUT2D eigenvalue weighted by Crippen LogP contribution is 2.29. The molecule has 0 unspecified atom stereocenters. The van der Waals surface area contributed by atoms with Crippen LogP contribution in [-0.4, -0.2) is 60.2 Å². The number of carbonyl (C=O) groups excluding carboxylic acids is 2. The van der Waals surface area contributed by atoms with Crippen LogP contribution in [0.4, 0.5) is 0 Å². The van der Waals surface area contributed by atoms with Crippen LogP contribution in [0.2, 0.25) is 0 Å². The molecule has 6 nitrogen and oxygen atoms in total. The second-order valence-electron chi connectivity index (χ2n) is 6.38. The zero-order valence-corrected chi connectivity index (χ0v) is 15.0. The highest BCUT2D eigenvalue weighted by Gasteiger charge is 2.46. The predicted molar refractivity (Wildman–Crippen MR) is 96.4 cm³/mol. The van der Waals surface area contributed by atoms with Gasteiger partial charge in [-0.15, -0.1) is 0 Å². The van der Waals surface area contributed by atoms with Crippen LogP contribution in [0.15, 0.2) is 30.3 Å². The fourth-order valence-corrected chi connectivity index (χ4v) is 3.86. The van der Waals surface area contributed by atoms with E-state index < -0.39 is 5.54 Å². The van der Waals surface area contributed by atoms with E-state index in [0.29, 0.717) is 43.2 Å². The second kappa shape index (κ2) is 7.49. The Morgan fingerprint density at radius 2 is 2.12 bits per heavy atom. The second-order valence-corrected chi connectivity index (χ2v) is 6.77. The van der Waals surface area contributed by atoms with Gasteiger partial charge in [0.1, 0.15) is 16.6 Å². The summed E-state index contributed by atoms with van der Waals surface area (Å²) in [5.41, 5.74) is -0.193. The predicted octanol–water partition coefficient (Wildman–Crippen LogP) is 1.54. The molecule has 3 rings (SSSR count). The van der Waals surface area contributed by atoms with Crippen LogP contribution in [0.25, 0.3) is 0 Å². The number of likely N-dealkylation sites (tertiary alicyclic amines) is 1. The van der Waals surface area contributed by atoms with Crippen molar-refractivity contribution in [2.75, 3.05) is 26.9 Å². The normalized spacial score (nSPS) is 25.6. The maximum absolute atomic E-state index is 12.7. The van der Waals surface area contributed by atoms with Crippen LogP contribution >= 0.6 is 12.2 Å². The van der Waals surface area contributed by atoms with E-state index in [1.165, 1.54) is 7.11 Å². The molecule has 2 aliphatic rings. The van der Waals surface area contributed by atoms with Crippen LogP contribution in [-0.2, 0) is 14.3 Å². The van der Waals surface area contributed by atoms with Crippen molar-refractivity contribution in [3.05, 3.63) is 35.9 Å². The first kappa shape index (κ1) is 17.8. The van der Waals surface area contributed by atoms with Crippen LogP contribution in [0.5, 0.6) is 0 Å². The van der Waals surface area contributed by atoms with Crippen molar-refractivity contribution in [1.82, 2.24) is 10.2 Å². The molecule has 0 radical (unpaired) electrons. The van der Waals surface area contributed by atoms with Gasteiger partial charge in [0.15, 0.2) is 0 Å². The van der Waals surface area contributed by atoms with Gasteiger partial charge in [0, 0.05) is 25.1 Å². The average molecular weight is 362 g/mol. The number of esters is 1. The first-order valence-corrected chi connectivity index (χ1v) is 8.82. The van der Waals surface area contributed by atoms with Crippen LogP contribution in [0, 0.1) is 0 Å². The van der Waals surface area contributed by atoms with Crippen molar-refractivity contribution in [3.63, 3.8) is 0 Å². The lowest BCUT2D eigenvalue weighted by atomic mass is 9.96. The molecule has 2 heterocycles. The Bertz CT molecular complexity index is 658. The highest BCUT2D eigenvalue weighted by molar-refractivity contribution is 7.80. The molecule has 7 heteroatoms. The van der Waals surface area contributed by atoms with Gasteiger partial charge in [-0.05, 0) is 25.0 Å². The first-order chi connectivity index (χ1) is 12.1. The van der Waals surface area contributed by atoms with Gasteiger partial charge in [-0.3, -0.25) is 4.79 Å². The summed E-state index contributed by atoms with van der Waals surface area (Å²) >= 11 is 5.72. The quantitative estimate of drug-likeness (QED) is 0.647. The molecule has 2 atom stereocenters. The Hall–Kier alpha value is -1.99. The summed E-state index contributed by atoms with van der Waals surface area (Å²) in [5, 5.41) is 3.06. The molecule has 0 bridgehead atoms. The number of hydrogen-bond acceptors (Lipinski definition) is 5. The third-order valence-electron chi connectivity index (χ3n) is 4.81. The molecule has 1 N–H and O–H groups in total. The van der Waals surface area contributed by atoms with Crippen molar-refractivity contribution in [2.45, 2.75) is 30.8 Å². The smallest absolute Gasteiger partial charge is 0.328 e. The number of benzene rings is 1. The van der Waals surface area contributed by atoms with Gasteiger partial charge in [0.2, 0.25) is 0 Å². The van der Waals surface area contributed by atoms with Crippen LogP contribution in [0.1, 0.15) is 29.6 Å². The fourth-order valence-electron chi connectivity index (χ4n) is 3.43. The van der Waals surface area contributed by atoms with E-state index >= 15 is 0 Å². The lowest BCUT2D eigenvalue weighted by molar-refractivity contribution is -0.144. The molecule has 1 amide bonds. The van der Waals surface area contributed by atoms with Gasteiger partial charge in [0.25, 0.3) is 5.91 Å². The van der Waals surface area contributed by atoms with E-state index in [9.17, 15) is 9.59 Å². The van der Waals surface area contributed by atoms with E-state index in [2.05, 4.69) is 5.32 Å². The largest absolute Gasteiger partial charge is 0.467 e. The number of ether oxygens (including phenoxy) is 2. The maximum atomic E-state index is 12.7. The summed E-state index contributed by atoms with van der Waals surface area (Å²) in [5.74, 6) is -0.481. The van der Waals surface area contributed by atoms with Crippen molar-refractivity contribution in [1.29, 1.82) is 0 Å². The molecule has 134 valence electrons. The van der Waals surface area contributed by atoms with E-state index in [4.69, 9.17) is 21.7 Å². The Kier molecular flexibility index (Phi) is 5.34. The molecule has 0 aliphatic carbocycles. The molecule has 0 aromatic heterocycles. The molecule has 0 spiro atoms. The zero-order chi connectivity index (χ0) is 17.9. The number of thiocarbonyl (C=S) groups is 1. The number of hydrogen-bond donors (Lipinski definition) is 1. The molecule has 2 saturated heterocycles. The minimum absolute atomic E-state index is 0.192. The average Bonchev–Trinajstić information content (AvgIpc) is 3.31. The summed E-state index contributed by atoms with van der Waals surface area (Å²) in [6, 6.07) is 8.63. The number of methoxy groups -OCH3 is 1. The number of carbonyl (C=O) groups is 2. The molecule has 1 aromatic carbocycles. The Labute approximate surface area is 152 Å². The monoisotopic (exact) mass is 362 g/mol. The number of nitrogens with one attached hydrogen (secondary N) is 1. The lowest BCUT2D eigenvalue weighted by Crippen LogP contribution is -2.61. The number of nitrogens with zero attached hydrogens (tertiary/aromatic N) is 1. The summed E-state index contributed by atoms with van der Waals surface area (Å²) in [7, 11) is 1.38. The summed E-state index contributed by atoms with van der Waals surface area (Å²) in [6.45, 7) is 1.52. The van der Waals surface area contributed by atoms with Gasteiger partial charge >= 0.3 is 5.97 Å². The SMILES string of the molecule is COC(=O)[C@@H]1CCCN1C(=S)[C@@]1(NC(=O)c2ccccc2)CCOC1. The molecule has 2 fully saturated rings. The van der Waals surface area contributed by atoms with Gasteiger partial charge in [-0.1, -0.05) is 30.4 Å². The van der Waals surface area contributed by atoms with Gasteiger partial charge in [-0.2, -0.15) is 0 Å². The standard InChI is InChI=1S/C18H22N2O4S/c1-23-16(22)14-8-5-10-20(14)17(25)18(9-11-24-12-18)19-15(21)13-6-3-2-4-7-13/h2-4,6-7,14H,5,8-12H2,1H3,(H,19,21)/t14-,18+/m0/s1. The molecular weight excluding hydrogens is 340 g/mol. The van der Waals surface area contributed by atoms with Crippen LogP contribution < -0.4 is 5.32 Å². The summed E-state index contributed by atoms with van der Waals surface area (Å²) in [6.07, 6.45) is 2.16. The van der Waals surface area contributed by atoms with E-state index in [1.54, 1.807) is 12.1 Å². The first-order valence-electron chi connectivity index (χ1n) is 8.41. The van der Waals surface area contributed by atoms with Crippen molar-refractivity contribution < 1.29 is 19.1 Å². The topological polar surface area (TPSA) is 67.9 Å². The molecule has 25 heavy (non-hydrogen) atoms. The van der Waals surface area contributed by atoms with Crippen molar-refractivity contribution in [2.24, 2.45) is 0 Å². The Balaban J connectivity index is 1.81. The maximum Gasteiger partial charge on any atom is 0.328 e. The number of amides is 1. The Morgan fingerprint density at radius 1 is 1.36 bits per heavy atom.